The molecule has 1 aromatic carbocycles. The summed E-state index contributed by atoms with van der Waals surface area (Å²) >= 11 is 0. The predicted octanol–water partition coefficient (Wildman–Crippen LogP) is 1.17. The molecule has 0 saturated carbocycles. The molecular weight excluding hydrogens is 306 g/mol. The molecule has 6 heteroatoms. The van der Waals surface area contributed by atoms with Crippen molar-refractivity contribution < 1.29 is 14.3 Å². The number of benzene rings is 1. The highest BCUT2D eigenvalue weighted by Gasteiger charge is 2.27. The van der Waals surface area contributed by atoms with Gasteiger partial charge >= 0.3 is 0 Å². The molecule has 2 unspecified atom stereocenters. The molecule has 132 valence electrons. The van der Waals surface area contributed by atoms with Crippen molar-refractivity contribution in [2.75, 3.05) is 26.2 Å². The zero-order valence-electron chi connectivity index (χ0n) is 14.7. The summed E-state index contributed by atoms with van der Waals surface area (Å²) in [5.74, 6) is 0.707. The van der Waals surface area contributed by atoms with Gasteiger partial charge in [0.1, 0.15) is 5.75 Å². The number of amides is 2. The molecular formula is C18H27N3O3. The van der Waals surface area contributed by atoms with Crippen molar-refractivity contribution in [1.82, 2.24) is 9.80 Å². The van der Waals surface area contributed by atoms with Crippen LogP contribution in [0.2, 0.25) is 0 Å². The highest BCUT2D eigenvalue weighted by molar-refractivity contribution is 5.81. The molecule has 2 rings (SSSR count). The second-order valence-corrected chi connectivity index (χ2v) is 6.46. The van der Waals surface area contributed by atoms with Crippen LogP contribution in [0.1, 0.15) is 25.8 Å². The van der Waals surface area contributed by atoms with Crippen LogP contribution >= 0.6 is 0 Å². The number of carbonyl (C=O) groups excluding carboxylic acids is 2. The van der Waals surface area contributed by atoms with Crippen molar-refractivity contribution in [3.8, 4) is 5.75 Å². The molecule has 0 spiro atoms. The molecule has 1 fully saturated rings. The first kappa shape index (κ1) is 18.3. The lowest BCUT2D eigenvalue weighted by molar-refractivity contribution is -0.143. The SMILES string of the molecule is Cc1cccc(OC(C)C(=O)N2CCN(C(=O)CC(C)N)CC2)c1. The Kier molecular flexibility index (Phi) is 6.20. The van der Waals surface area contributed by atoms with Crippen LogP contribution in [0.15, 0.2) is 24.3 Å². The summed E-state index contributed by atoms with van der Waals surface area (Å²) in [5.41, 5.74) is 6.76. The number of hydrogen-bond donors (Lipinski definition) is 1. The second-order valence-electron chi connectivity index (χ2n) is 6.46. The maximum atomic E-state index is 12.5. The summed E-state index contributed by atoms with van der Waals surface area (Å²) in [6.45, 7) is 7.73. The third-order valence-corrected chi connectivity index (χ3v) is 4.09. The van der Waals surface area contributed by atoms with E-state index in [4.69, 9.17) is 10.5 Å². The van der Waals surface area contributed by atoms with Crippen LogP contribution in [0.4, 0.5) is 0 Å². The van der Waals surface area contributed by atoms with Crippen LogP contribution in [-0.4, -0.2) is 59.9 Å². The number of hydrogen-bond acceptors (Lipinski definition) is 4. The number of aryl methyl sites for hydroxylation is 1. The third kappa shape index (κ3) is 4.96. The molecule has 1 aromatic rings. The summed E-state index contributed by atoms with van der Waals surface area (Å²) < 4.78 is 5.75. The fourth-order valence-electron chi connectivity index (χ4n) is 2.78. The minimum Gasteiger partial charge on any atom is -0.481 e. The van der Waals surface area contributed by atoms with E-state index < -0.39 is 6.10 Å². The highest BCUT2D eigenvalue weighted by Crippen LogP contribution is 2.16. The lowest BCUT2D eigenvalue weighted by atomic mass is 10.2. The lowest BCUT2D eigenvalue weighted by Gasteiger charge is -2.36. The molecule has 2 amide bonds. The van der Waals surface area contributed by atoms with E-state index in [9.17, 15) is 9.59 Å². The number of nitrogens with two attached hydrogens (primary N) is 1. The minimum absolute atomic E-state index is 0.0456. The van der Waals surface area contributed by atoms with Gasteiger partial charge in [-0.2, -0.15) is 0 Å². The fraction of sp³-hybridized carbons (Fsp3) is 0.556. The quantitative estimate of drug-likeness (QED) is 0.878. The van der Waals surface area contributed by atoms with Gasteiger partial charge in [0.05, 0.1) is 0 Å². The fourth-order valence-corrected chi connectivity index (χ4v) is 2.78. The van der Waals surface area contributed by atoms with Gasteiger partial charge in [-0.15, -0.1) is 0 Å². The van der Waals surface area contributed by atoms with Gasteiger partial charge in [0, 0.05) is 38.6 Å². The van der Waals surface area contributed by atoms with Crippen molar-refractivity contribution in [2.45, 2.75) is 39.3 Å². The Morgan fingerprint density at radius 1 is 1.17 bits per heavy atom. The standard InChI is InChI=1S/C18H27N3O3/c1-13-5-4-6-16(11-13)24-15(3)18(23)21-9-7-20(8-10-21)17(22)12-14(2)19/h4-6,11,14-15H,7-10,12,19H2,1-3H3. The van der Waals surface area contributed by atoms with Crippen molar-refractivity contribution >= 4 is 11.8 Å². The molecule has 2 N–H and O–H groups in total. The van der Waals surface area contributed by atoms with Crippen LogP contribution in [-0.2, 0) is 9.59 Å². The van der Waals surface area contributed by atoms with Crippen LogP contribution in [0.5, 0.6) is 5.75 Å². The zero-order valence-corrected chi connectivity index (χ0v) is 14.7. The van der Waals surface area contributed by atoms with E-state index in [1.54, 1.807) is 16.7 Å². The van der Waals surface area contributed by atoms with E-state index in [1.165, 1.54) is 0 Å². The topological polar surface area (TPSA) is 75.9 Å². The summed E-state index contributed by atoms with van der Waals surface area (Å²) in [4.78, 5) is 28.1. The van der Waals surface area contributed by atoms with E-state index in [0.717, 1.165) is 5.56 Å². The van der Waals surface area contributed by atoms with E-state index in [0.29, 0.717) is 38.3 Å². The summed E-state index contributed by atoms with van der Waals surface area (Å²) in [7, 11) is 0. The first-order valence-corrected chi connectivity index (χ1v) is 8.42. The predicted molar refractivity (Wildman–Crippen MR) is 92.7 cm³/mol. The largest absolute Gasteiger partial charge is 0.481 e. The monoisotopic (exact) mass is 333 g/mol. The van der Waals surface area contributed by atoms with E-state index >= 15 is 0 Å². The maximum Gasteiger partial charge on any atom is 0.263 e. The van der Waals surface area contributed by atoms with E-state index in [-0.39, 0.29) is 17.9 Å². The number of carbonyl (C=O) groups is 2. The summed E-state index contributed by atoms with van der Waals surface area (Å²) in [6, 6.07) is 7.51. The van der Waals surface area contributed by atoms with Crippen LogP contribution < -0.4 is 10.5 Å². The smallest absolute Gasteiger partial charge is 0.263 e. The molecule has 1 heterocycles. The Morgan fingerprint density at radius 3 is 2.38 bits per heavy atom. The minimum atomic E-state index is -0.543. The van der Waals surface area contributed by atoms with Crippen molar-refractivity contribution in [1.29, 1.82) is 0 Å². The van der Waals surface area contributed by atoms with E-state index in [2.05, 4.69) is 0 Å². The molecule has 0 aromatic heterocycles. The molecule has 1 aliphatic heterocycles. The normalized spacial score (nSPS) is 17.3. The third-order valence-electron chi connectivity index (χ3n) is 4.09. The number of ether oxygens (including phenoxy) is 1. The number of rotatable bonds is 5. The Balaban J connectivity index is 1.84. The van der Waals surface area contributed by atoms with Gasteiger partial charge in [-0.25, -0.2) is 0 Å². The van der Waals surface area contributed by atoms with E-state index in [1.807, 2.05) is 38.1 Å². The molecule has 1 aliphatic rings. The lowest BCUT2D eigenvalue weighted by Crippen LogP contribution is -2.53. The first-order valence-electron chi connectivity index (χ1n) is 8.42. The van der Waals surface area contributed by atoms with Gasteiger partial charge in [-0.3, -0.25) is 9.59 Å². The average molecular weight is 333 g/mol. The Morgan fingerprint density at radius 2 is 1.79 bits per heavy atom. The highest BCUT2D eigenvalue weighted by atomic mass is 16.5. The van der Waals surface area contributed by atoms with Gasteiger partial charge in [0.2, 0.25) is 5.91 Å². The van der Waals surface area contributed by atoms with Gasteiger partial charge in [0.25, 0.3) is 5.91 Å². The van der Waals surface area contributed by atoms with Crippen molar-refractivity contribution in [3.63, 3.8) is 0 Å². The average Bonchev–Trinajstić information content (AvgIpc) is 2.53. The second kappa shape index (κ2) is 8.15. The van der Waals surface area contributed by atoms with Gasteiger partial charge < -0.3 is 20.3 Å². The van der Waals surface area contributed by atoms with Crippen molar-refractivity contribution in [2.24, 2.45) is 5.73 Å². The molecule has 0 bridgehead atoms. The van der Waals surface area contributed by atoms with Crippen LogP contribution in [0, 0.1) is 6.92 Å². The maximum absolute atomic E-state index is 12.5. The van der Waals surface area contributed by atoms with Crippen LogP contribution in [0.25, 0.3) is 0 Å². The summed E-state index contributed by atoms with van der Waals surface area (Å²) in [6.07, 6.45) is -0.195. The molecule has 2 atom stereocenters. The molecule has 0 radical (unpaired) electrons. The molecule has 1 saturated heterocycles. The summed E-state index contributed by atoms with van der Waals surface area (Å²) in [5, 5.41) is 0. The Labute approximate surface area is 143 Å². The van der Waals surface area contributed by atoms with Crippen molar-refractivity contribution in [3.05, 3.63) is 29.8 Å². The van der Waals surface area contributed by atoms with Gasteiger partial charge in [-0.1, -0.05) is 12.1 Å². The number of piperazine rings is 1. The zero-order chi connectivity index (χ0) is 17.7. The molecule has 0 aliphatic carbocycles. The molecule has 24 heavy (non-hydrogen) atoms. The first-order chi connectivity index (χ1) is 11.4. The van der Waals surface area contributed by atoms with Gasteiger partial charge in [-0.05, 0) is 38.5 Å². The Bertz CT molecular complexity index is 581. The number of nitrogens with zero attached hydrogens (tertiary/aromatic N) is 2. The Hall–Kier alpha value is -2.08. The van der Waals surface area contributed by atoms with Gasteiger partial charge in [0.15, 0.2) is 6.10 Å². The van der Waals surface area contributed by atoms with Crippen LogP contribution in [0.3, 0.4) is 0 Å². The molecule has 6 nitrogen and oxygen atoms in total.